The predicted molar refractivity (Wildman–Crippen MR) is 55.0 cm³/mol. The molecule has 0 amide bonds. The Hall–Kier alpha value is -1.01. The van der Waals surface area contributed by atoms with E-state index >= 15 is 0 Å². The highest BCUT2D eigenvalue weighted by Crippen LogP contribution is 2.08. The Labute approximate surface area is 88.9 Å². The largest absolute Gasteiger partial charge is 0.299 e. The van der Waals surface area contributed by atoms with Crippen LogP contribution >= 0.6 is 0 Å². The highest BCUT2D eigenvalue weighted by atomic mass is 32.2. The van der Waals surface area contributed by atoms with E-state index in [1.54, 1.807) is 0 Å². The van der Waals surface area contributed by atoms with Crippen molar-refractivity contribution < 1.29 is 22.6 Å². The van der Waals surface area contributed by atoms with Crippen LogP contribution in [0, 0.1) is 5.92 Å². The fourth-order valence-electron chi connectivity index (χ4n) is 0.905. The van der Waals surface area contributed by atoms with E-state index in [0.29, 0.717) is 0 Å². The van der Waals surface area contributed by atoms with Crippen LogP contribution in [0.1, 0.15) is 19.8 Å². The average molecular weight is 234 g/mol. The zero-order chi connectivity index (χ0) is 12.1. The summed E-state index contributed by atoms with van der Waals surface area (Å²) in [6.07, 6.45) is 0.797. The van der Waals surface area contributed by atoms with Crippen LogP contribution in [0.25, 0.3) is 0 Å². The fraction of sp³-hybridized carbons (Fsp3) is 0.556. The Morgan fingerprint density at radius 3 is 2.40 bits per heavy atom. The van der Waals surface area contributed by atoms with Gasteiger partial charge in [-0.2, -0.15) is 8.42 Å². The maximum absolute atomic E-state index is 11.3. The Balaban J connectivity index is 4.11. The van der Waals surface area contributed by atoms with E-state index in [0.717, 1.165) is 6.08 Å². The number of Topliss-reactive ketones (excluding diaryl/α,β-unsaturated/α-hetero) is 1. The summed E-state index contributed by atoms with van der Waals surface area (Å²) in [4.78, 5) is 22.1. The maximum atomic E-state index is 11.3. The molecular weight excluding hydrogens is 220 g/mol. The molecule has 15 heavy (non-hydrogen) atoms. The third kappa shape index (κ3) is 6.98. The van der Waals surface area contributed by atoms with E-state index in [2.05, 4.69) is 6.58 Å². The summed E-state index contributed by atoms with van der Waals surface area (Å²) in [7, 11) is -4.04. The van der Waals surface area contributed by atoms with Crippen molar-refractivity contribution in [1.29, 1.82) is 0 Å². The van der Waals surface area contributed by atoms with Gasteiger partial charge >= 0.3 is 0 Å². The van der Waals surface area contributed by atoms with Gasteiger partial charge in [0.15, 0.2) is 5.78 Å². The second-order valence-electron chi connectivity index (χ2n) is 3.29. The van der Waals surface area contributed by atoms with Crippen molar-refractivity contribution in [1.82, 2.24) is 0 Å². The predicted octanol–water partition coefficient (Wildman–Crippen LogP) is 0.615. The minimum Gasteiger partial charge on any atom is -0.299 e. The third-order valence-corrected chi connectivity index (χ3v) is 2.69. The molecular formula is C9H14O5S. The first-order valence-electron chi connectivity index (χ1n) is 4.39. The molecule has 0 fully saturated rings. The molecule has 1 atom stereocenters. The highest BCUT2D eigenvalue weighted by molar-refractivity contribution is 7.85. The van der Waals surface area contributed by atoms with Gasteiger partial charge in [-0.3, -0.25) is 14.1 Å². The van der Waals surface area contributed by atoms with Crippen molar-refractivity contribution in [3.05, 3.63) is 12.7 Å². The SMILES string of the molecule is C=CC(=O)CC(=O)C(C)CCS(=O)(=O)O. The zero-order valence-electron chi connectivity index (χ0n) is 8.47. The summed E-state index contributed by atoms with van der Waals surface area (Å²) in [6.45, 7) is 4.74. The standard InChI is InChI=1S/C9H14O5S/c1-3-8(10)6-9(11)7(2)4-5-15(12,13)14/h3,7H,1,4-6H2,2H3,(H,12,13,14). The monoisotopic (exact) mass is 234 g/mol. The van der Waals surface area contributed by atoms with Gasteiger partial charge in [-0.25, -0.2) is 0 Å². The van der Waals surface area contributed by atoms with Gasteiger partial charge in [0.2, 0.25) is 0 Å². The van der Waals surface area contributed by atoms with Crippen molar-refractivity contribution in [3.63, 3.8) is 0 Å². The molecule has 0 rings (SSSR count). The van der Waals surface area contributed by atoms with E-state index in [1.165, 1.54) is 6.92 Å². The van der Waals surface area contributed by atoms with Crippen molar-refractivity contribution in [2.24, 2.45) is 5.92 Å². The lowest BCUT2D eigenvalue weighted by molar-refractivity contribution is -0.127. The van der Waals surface area contributed by atoms with Gasteiger partial charge in [-0.05, 0) is 12.5 Å². The third-order valence-electron chi connectivity index (χ3n) is 1.93. The molecule has 0 aromatic rings. The number of ketones is 2. The van der Waals surface area contributed by atoms with E-state index < -0.39 is 27.6 Å². The molecule has 0 bridgehead atoms. The van der Waals surface area contributed by atoms with E-state index in [1.807, 2.05) is 0 Å². The van der Waals surface area contributed by atoms with Crippen LogP contribution in [-0.2, 0) is 19.7 Å². The minimum absolute atomic E-state index is 0.0160. The second-order valence-corrected chi connectivity index (χ2v) is 4.86. The summed E-state index contributed by atoms with van der Waals surface area (Å²) in [5, 5.41) is 0. The molecule has 1 N–H and O–H groups in total. The lowest BCUT2D eigenvalue weighted by atomic mass is 9.99. The Bertz CT molecular complexity index is 355. The van der Waals surface area contributed by atoms with Crippen molar-refractivity contribution in [2.75, 3.05) is 5.75 Å². The fourth-order valence-corrected chi connectivity index (χ4v) is 1.56. The number of carbonyl (C=O) groups excluding carboxylic acids is 2. The summed E-state index contributed by atoms with van der Waals surface area (Å²) in [5.74, 6) is -1.76. The molecule has 5 nitrogen and oxygen atoms in total. The van der Waals surface area contributed by atoms with Gasteiger partial charge in [0.05, 0.1) is 12.2 Å². The lowest BCUT2D eigenvalue weighted by Crippen LogP contribution is -2.18. The number of hydrogen-bond donors (Lipinski definition) is 1. The van der Waals surface area contributed by atoms with E-state index in [4.69, 9.17) is 4.55 Å². The van der Waals surface area contributed by atoms with Crippen LogP contribution in [-0.4, -0.2) is 30.3 Å². The molecule has 6 heteroatoms. The van der Waals surface area contributed by atoms with Crippen molar-refractivity contribution in [3.8, 4) is 0 Å². The molecule has 0 aliphatic carbocycles. The molecule has 0 aliphatic rings. The Morgan fingerprint density at radius 2 is 2.00 bits per heavy atom. The van der Waals surface area contributed by atoms with Crippen LogP contribution in [0.5, 0.6) is 0 Å². The van der Waals surface area contributed by atoms with Crippen molar-refractivity contribution in [2.45, 2.75) is 19.8 Å². The normalized spacial score (nSPS) is 13.2. The molecule has 0 saturated carbocycles. The Morgan fingerprint density at radius 1 is 1.47 bits per heavy atom. The topological polar surface area (TPSA) is 88.5 Å². The first-order valence-corrected chi connectivity index (χ1v) is 6.00. The molecule has 86 valence electrons. The van der Waals surface area contributed by atoms with Crippen LogP contribution < -0.4 is 0 Å². The number of rotatable bonds is 7. The van der Waals surface area contributed by atoms with Crippen LogP contribution in [0.4, 0.5) is 0 Å². The summed E-state index contributed by atoms with van der Waals surface area (Å²) < 4.78 is 29.2. The zero-order valence-corrected chi connectivity index (χ0v) is 9.29. The summed E-state index contributed by atoms with van der Waals surface area (Å²) >= 11 is 0. The molecule has 1 unspecified atom stereocenters. The van der Waals surface area contributed by atoms with E-state index in [-0.39, 0.29) is 18.6 Å². The molecule has 0 aromatic carbocycles. The lowest BCUT2D eigenvalue weighted by Gasteiger charge is -2.07. The Kier molecular flexibility index (Phi) is 5.38. The van der Waals surface area contributed by atoms with Gasteiger partial charge in [-0.15, -0.1) is 0 Å². The second kappa shape index (κ2) is 5.77. The maximum Gasteiger partial charge on any atom is 0.264 e. The number of hydrogen-bond acceptors (Lipinski definition) is 4. The molecule has 0 aromatic heterocycles. The van der Waals surface area contributed by atoms with Gasteiger partial charge in [0.25, 0.3) is 10.1 Å². The number of allylic oxidation sites excluding steroid dienone is 1. The van der Waals surface area contributed by atoms with Gasteiger partial charge < -0.3 is 0 Å². The van der Waals surface area contributed by atoms with Gasteiger partial charge in [0.1, 0.15) is 5.78 Å². The van der Waals surface area contributed by atoms with Crippen LogP contribution in [0.15, 0.2) is 12.7 Å². The average Bonchev–Trinajstić information content (AvgIpc) is 2.12. The van der Waals surface area contributed by atoms with Gasteiger partial charge in [0, 0.05) is 5.92 Å². The summed E-state index contributed by atoms with van der Waals surface area (Å²) in [5.41, 5.74) is 0. The molecule has 0 aliphatic heterocycles. The highest BCUT2D eigenvalue weighted by Gasteiger charge is 2.17. The molecule has 0 radical (unpaired) electrons. The number of carbonyl (C=O) groups is 2. The smallest absolute Gasteiger partial charge is 0.264 e. The summed E-state index contributed by atoms with van der Waals surface area (Å²) in [6, 6.07) is 0. The van der Waals surface area contributed by atoms with Gasteiger partial charge in [-0.1, -0.05) is 13.5 Å². The van der Waals surface area contributed by atoms with Crippen LogP contribution in [0.3, 0.4) is 0 Å². The van der Waals surface area contributed by atoms with Crippen molar-refractivity contribution >= 4 is 21.7 Å². The first kappa shape index (κ1) is 14.0. The van der Waals surface area contributed by atoms with Crippen LogP contribution in [0.2, 0.25) is 0 Å². The van der Waals surface area contributed by atoms with E-state index in [9.17, 15) is 18.0 Å². The molecule has 0 heterocycles. The quantitative estimate of drug-likeness (QED) is 0.396. The molecule has 0 saturated heterocycles. The molecule has 0 spiro atoms. The first-order chi connectivity index (χ1) is 6.76. The minimum atomic E-state index is -4.04.